The topological polar surface area (TPSA) is 44.5 Å². The molecule has 2 aromatic rings. The zero-order valence-electron chi connectivity index (χ0n) is 10.2. The summed E-state index contributed by atoms with van der Waals surface area (Å²) in [5.74, 6) is 1.52. The Morgan fingerprint density at radius 1 is 1.00 bits per heavy atom. The highest BCUT2D eigenvalue weighted by Crippen LogP contribution is 2.35. The highest BCUT2D eigenvalue weighted by Gasteiger charge is 2.09. The lowest BCUT2D eigenvalue weighted by molar-refractivity contribution is 0.404. The average molecular weight is 264 g/mol. The average Bonchev–Trinajstić information content (AvgIpc) is 2.41. The quantitative estimate of drug-likeness (QED) is 0.861. The second-order valence-corrected chi connectivity index (χ2v) is 4.21. The number of hydrogen-bond donors (Lipinski definition) is 1. The zero-order valence-corrected chi connectivity index (χ0v) is 11.0. The Bertz CT molecular complexity index is 570. The first-order chi connectivity index (χ1) is 8.65. The van der Waals surface area contributed by atoms with E-state index in [0.29, 0.717) is 10.7 Å². The number of anilines is 1. The van der Waals surface area contributed by atoms with Crippen molar-refractivity contribution in [2.24, 2.45) is 0 Å². The molecule has 3 nitrogen and oxygen atoms in total. The van der Waals surface area contributed by atoms with Crippen molar-refractivity contribution in [1.82, 2.24) is 0 Å². The van der Waals surface area contributed by atoms with Crippen molar-refractivity contribution in [2.45, 2.75) is 0 Å². The summed E-state index contributed by atoms with van der Waals surface area (Å²) in [7, 11) is 3.26. The monoisotopic (exact) mass is 263 g/mol. The summed E-state index contributed by atoms with van der Waals surface area (Å²) in [6.45, 7) is 0. The van der Waals surface area contributed by atoms with Gasteiger partial charge in [-0.05, 0) is 35.9 Å². The molecule has 0 aliphatic carbocycles. The largest absolute Gasteiger partial charge is 0.497 e. The van der Waals surface area contributed by atoms with E-state index in [-0.39, 0.29) is 0 Å². The fourth-order valence-corrected chi connectivity index (χ4v) is 1.87. The van der Waals surface area contributed by atoms with E-state index in [2.05, 4.69) is 0 Å². The Kier molecular flexibility index (Phi) is 3.63. The van der Waals surface area contributed by atoms with Crippen LogP contribution >= 0.6 is 11.6 Å². The van der Waals surface area contributed by atoms with E-state index in [9.17, 15) is 0 Å². The maximum Gasteiger partial charge on any atom is 0.126 e. The Balaban J connectivity index is 2.57. The van der Waals surface area contributed by atoms with Crippen LogP contribution in [-0.2, 0) is 0 Å². The first-order valence-electron chi connectivity index (χ1n) is 5.43. The summed E-state index contributed by atoms with van der Waals surface area (Å²) in [5, 5.41) is 0.542. The molecule has 2 aromatic carbocycles. The van der Waals surface area contributed by atoms with Gasteiger partial charge in [-0.2, -0.15) is 0 Å². The number of rotatable bonds is 3. The maximum atomic E-state index is 5.92. The summed E-state index contributed by atoms with van der Waals surface area (Å²) < 4.78 is 10.6. The number of nitrogens with two attached hydrogens (primary N) is 1. The van der Waals surface area contributed by atoms with Gasteiger partial charge >= 0.3 is 0 Å². The number of benzene rings is 2. The molecule has 0 bridgehead atoms. The molecule has 0 spiro atoms. The molecule has 0 aromatic heterocycles. The molecule has 2 rings (SSSR count). The van der Waals surface area contributed by atoms with Gasteiger partial charge in [0, 0.05) is 5.56 Å². The van der Waals surface area contributed by atoms with E-state index in [1.807, 2.05) is 30.3 Å². The van der Waals surface area contributed by atoms with Gasteiger partial charge in [0.15, 0.2) is 0 Å². The van der Waals surface area contributed by atoms with Crippen molar-refractivity contribution in [3.05, 3.63) is 41.4 Å². The third-order valence-corrected chi connectivity index (χ3v) is 3.06. The number of hydrogen-bond acceptors (Lipinski definition) is 3. The molecule has 0 radical (unpaired) electrons. The van der Waals surface area contributed by atoms with Gasteiger partial charge in [0.2, 0.25) is 0 Å². The van der Waals surface area contributed by atoms with Crippen LogP contribution < -0.4 is 15.2 Å². The van der Waals surface area contributed by atoms with Crippen LogP contribution in [0.3, 0.4) is 0 Å². The normalized spacial score (nSPS) is 10.2. The highest BCUT2D eigenvalue weighted by molar-refractivity contribution is 6.33. The molecule has 0 unspecified atom stereocenters. The Morgan fingerprint density at radius 3 is 2.39 bits per heavy atom. The summed E-state index contributed by atoms with van der Waals surface area (Å²) >= 11 is 5.92. The molecule has 18 heavy (non-hydrogen) atoms. The van der Waals surface area contributed by atoms with E-state index < -0.39 is 0 Å². The van der Waals surface area contributed by atoms with E-state index in [1.54, 1.807) is 20.3 Å². The van der Waals surface area contributed by atoms with Gasteiger partial charge in [-0.1, -0.05) is 17.7 Å². The molecule has 0 saturated carbocycles. The van der Waals surface area contributed by atoms with E-state index in [0.717, 1.165) is 22.6 Å². The van der Waals surface area contributed by atoms with Crippen molar-refractivity contribution in [2.75, 3.05) is 20.0 Å². The molecule has 0 aliphatic heterocycles. The van der Waals surface area contributed by atoms with Crippen LogP contribution in [-0.4, -0.2) is 14.2 Å². The lowest BCUT2D eigenvalue weighted by atomic mass is 10.0. The minimum atomic E-state index is 0.541. The van der Waals surface area contributed by atoms with E-state index in [4.69, 9.17) is 26.8 Å². The third kappa shape index (κ3) is 2.36. The molecular weight excluding hydrogens is 250 g/mol. The molecule has 4 heteroatoms. The Labute approximate surface area is 111 Å². The van der Waals surface area contributed by atoms with Crippen LogP contribution in [0.1, 0.15) is 0 Å². The SMILES string of the molecule is COc1ccc(OC)c(-c2ccc(Cl)c(N)c2)c1. The van der Waals surface area contributed by atoms with Crippen LogP contribution in [0, 0.1) is 0 Å². The van der Waals surface area contributed by atoms with Gasteiger partial charge in [-0.25, -0.2) is 0 Å². The lowest BCUT2D eigenvalue weighted by Crippen LogP contribution is -1.92. The molecule has 0 amide bonds. The van der Waals surface area contributed by atoms with Gasteiger partial charge in [-0.15, -0.1) is 0 Å². The number of methoxy groups -OCH3 is 2. The summed E-state index contributed by atoms with van der Waals surface area (Å²) in [6, 6.07) is 11.1. The second-order valence-electron chi connectivity index (χ2n) is 3.80. The fourth-order valence-electron chi connectivity index (χ4n) is 1.75. The molecule has 0 heterocycles. The lowest BCUT2D eigenvalue weighted by Gasteiger charge is -2.11. The first-order valence-corrected chi connectivity index (χ1v) is 5.81. The molecule has 0 saturated heterocycles. The smallest absolute Gasteiger partial charge is 0.126 e. The number of ether oxygens (including phenoxy) is 2. The molecule has 0 fully saturated rings. The molecule has 2 N–H and O–H groups in total. The van der Waals surface area contributed by atoms with E-state index >= 15 is 0 Å². The maximum absolute atomic E-state index is 5.92. The minimum absolute atomic E-state index is 0.541. The van der Waals surface area contributed by atoms with Crippen molar-refractivity contribution >= 4 is 17.3 Å². The summed E-state index contributed by atoms with van der Waals surface area (Å²) in [5.41, 5.74) is 8.21. The van der Waals surface area contributed by atoms with Gasteiger partial charge in [0.05, 0.1) is 24.9 Å². The molecule has 0 atom stereocenters. The highest BCUT2D eigenvalue weighted by atomic mass is 35.5. The second kappa shape index (κ2) is 5.19. The van der Waals surface area contributed by atoms with Crippen molar-refractivity contribution < 1.29 is 9.47 Å². The zero-order chi connectivity index (χ0) is 13.1. The number of halogens is 1. The first kappa shape index (κ1) is 12.6. The van der Waals surface area contributed by atoms with Gasteiger partial charge in [0.25, 0.3) is 0 Å². The predicted molar refractivity (Wildman–Crippen MR) is 74.4 cm³/mol. The molecular formula is C14H14ClNO2. The van der Waals surface area contributed by atoms with Crippen LogP contribution in [0.4, 0.5) is 5.69 Å². The van der Waals surface area contributed by atoms with Gasteiger partial charge < -0.3 is 15.2 Å². The summed E-state index contributed by atoms with van der Waals surface area (Å²) in [6.07, 6.45) is 0. The Hall–Kier alpha value is -1.87. The Morgan fingerprint density at radius 2 is 1.78 bits per heavy atom. The summed E-state index contributed by atoms with van der Waals surface area (Å²) in [4.78, 5) is 0. The van der Waals surface area contributed by atoms with Crippen LogP contribution in [0.5, 0.6) is 11.5 Å². The minimum Gasteiger partial charge on any atom is -0.497 e. The predicted octanol–water partition coefficient (Wildman–Crippen LogP) is 3.61. The fraction of sp³-hybridized carbons (Fsp3) is 0.143. The molecule has 94 valence electrons. The van der Waals surface area contributed by atoms with E-state index in [1.165, 1.54) is 0 Å². The van der Waals surface area contributed by atoms with Crippen molar-refractivity contribution in [3.8, 4) is 22.6 Å². The van der Waals surface area contributed by atoms with Gasteiger partial charge in [-0.3, -0.25) is 0 Å². The van der Waals surface area contributed by atoms with Crippen LogP contribution in [0.2, 0.25) is 5.02 Å². The van der Waals surface area contributed by atoms with Gasteiger partial charge in [0.1, 0.15) is 11.5 Å². The van der Waals surface area contributed by atoms with Crippen LogP contribution in [0.25, 0.3) is 11.1 Å². The number of nitrogen functional groups attached to an aromatic ring is 1. The van der Waals surface area contributed by atoms with Crippen molar-refractivity contribution in [1.29, 1.82) is 0 Å². The third-order valence-electron chi connectivity index (χ3n) is 2.71. The standard InChI is InChI=1S/C14H14ClNO2/c1-17-10-4-6-14(18-2)11(8-10)9-3-5-12(15)13(16)7-9/h3-8H,16H2,1-2H3. The molecule has 0 aliphatic rings. The van der Waals surface area contributed by atoms with Crippen LogP contribution in [0.15, 0.2) is 36.4 Å². The van der Waals surface area contributed by atoms with Crippen molar-refractivity contribution in [3.63, 3.8) is 0 Å².